The summed E-state index contributed by atoms with van der Waals surface area (Å²) in [6.45, 7) is 4.12. The minimum atomic E-state index is -0.262. The number of imide groups is 1. The first-order valence-corrected chi connectivity index (χ1v) is 9.47. The topological polar surface area (TPSA) is 37.4 Å². The van der Waals surface area contributed by atoms with Gasteiger partial charge in [0.05, 0.1) is 17.5 Å². The Morgan fingerprint density at radius 2 is 1.37 bits per heavy atom. The smallest absolute Gasteiger partial charge is 0.238 e. The highest BCUT2D eigenvalue weighted by Gasteiger charge is 2.62. The van der Waals surface area contributed by atoms with Crippen molar-refractivity contribution in [1.82, 2.24) is 0 Å². The second-order valence-electron chi connectivity index (χ2n) is 7.78. The molecule has 2 aromatic carbocycles. The molecule has 1 heterocycles. The number of hydrogen-bond acceptors (Lipinski definition) is 2. The molecule has 3 aliphatic rings. The molecule has 0 radical (unpaired) electrons. The third kappa shape index (κ3) is 2.21. The van der Waals surface area contributed by atoms with Crippen LogP contribution in [0.15, 0.2) is 72.3 Å². The van der Waals surface area contributed by atoms with E-state index in [1.807, 2.05) is 49.4 Å². The van der Waals surface area contributed by atoms with Crippen molar-refractivity contribution in [3.8, 4) is 0 Å². The van der Waals surface area contributed by atoms with E-state index in [-0.39, 0.29) is 35.5 Å². The summed E-state index contributed by atoms with van der Waals surface area (Å²) in [5.41, 5.74) is 5.42. The van der Waals surface area contributed by atoms with Gasteiger partial charge in [-0.3, -0.25) is 9.59 Å². The predicted molar refractivity (Wildman–Crippen MR) is 106 cm³/mol. The van der Waals surface area contributed by atoms with Crippen molar-refractivity contribution in [3.63, 3.8) is 0 Å². The molecule has 2 aliphatic carbocycles. The van der Waals surface area contributed by atoms with E-state index in [4.69, 9.17) is 0 Å². The monoisotopic (exact) mass is 355 g/mol. The Morgan fingerprint density at radius 1 is 0.815 bits per heavy atom. The average Bonchev–Trinajstić information content (AvgIpc) is 3.33. The van der Waals surface area contributed by atoms with Crippen molar-refractivity contribution in [2.45, 2.75) is 13.8 Å². The SMILES string of the molecule is CC(=C1[C@H]2C=C[C@H]1[C@H]1C(=O)N(c3ccc(C)cc3)C(=O)[C@H]12)c1ccccc1. The lowest BCUT2D eigenvalue weighted by atomic mass is 9.85. The average molecular weight is 355 g/mol. The number of rotatable bonds is 2. The van der Waals surface area contributed by atoms with Gasteiger partial charge in [0.2, 0.25) is 11.8 Å². The number of carbonyl (C=O) groups is 2. The quantitative estimate of drug-likeness (QED) is 0.592. The van der Waals surface area contributed by atoms with Crippen LogP contribution in [0, 0.1) is 30.6 Å². The summed E-state index contributed by atoms with van der Waals surface area (Å²) < 4.78 is 0. The van der Waals surface area contributed by atoms with Gasteiger partial charge in [0, 0.05) is 11.8 Å². The van der Waals surface area contributed by atoms with E-state index in [0.29, 0.717) is 5.69 Å². The summed E-state index contributed by atoms with van der Waals surface area (Å²) in [6, 6.07) is 17.9. The van der Waals surface area contributed by atoms with E-state index in [0.717, 1.165) is 5.56 Å². The Labute approximate surface area is 159 Å². The van der Waals surface area contributed by atoms with Crippen LogP contribution in [0.25, 0.3) is 5.57 Å². The summed E-state index contributed by atoms with van der Waals surface area (Å²) in [7, 11) is 0. The molecule has 5 rings (SSSR count). The van der Waals surface area contributed by atoms with Gasteiger partial charge in [0.25, 0.3) is 0 Å². The van der Waals surface area contributed by atoms with Crippen molar-refractivity contribution < 1.29 is 9.59 Å². The van der Waals surface area contributed by atoms with Crippen LogP contribution >= 0.6 is 0 Å². The molecule has 0 N–H and O–H groups in total. The number of anilines is 1. The van der Waals surface area contributed by atoms with Gasteiger partial charge < -0.3 is 0 Å². The molecular formula is C24H21NO2. The van der Waals surface area contributed by atoms with Gasteiger partial charge >= 0.3 is 0 Å². The van der Waals surface area contributed by atoms with Gasteiger partial charge in [0.1, 0.15) is 0 Å². The van der Waals surface area contributed by atoms with Gasteiger partial charge in [-0.05, 0) is 37.1 Å². The Balaban J connectivity index is 1.55. The van der Waals surface area contributed by atoms with E-state index in [9.17, 15) is 9.59 Å². The maximum atomic E-state index is 13.2. The maximum Gasteiger partial charge on any atom is 0.238 e. The summed E-state index contributed by atoms with van der Waals surface area (Å²) in [4.78, 5) is 27.9. The zero-order chi connectivity index (χ0) is 18.7. The van der Waals surface area contributed by atoms with Crippen LogP contribution in [0.1, 0.15) is 18.1 Å². The molecule has 2 amide bonds. The Morgan fingerprint density at radius 3 is 1.93 bits per heavy atom. The Kier molecular flexibility index (Phi) is 3.48. The third-order valence-corrected chi connectivity index (χ3v) is 6.35. The number of benzene rings is 2. The normalized spacial score (nSPS) is 30.2. The summed E-state index contributed by atoms with van der Waals surface area (Å²) in [5, 5.41) is 0. The van der Waals surface area contributed by atoms with Crippen LogP contribution in [0.5, 0.6) is 0 Å². The Hall–Kier alpha value is -2.94. The molecule has 0 spiro atoms. The van der Waals surface area contributed by atoms with Gasteiger partial charge in [-0.1, -0.05) is 65.8 Å². The molecule has 4 atom stereocenters. The molecule has 1 saturated carbocycles. The van der Waals surface area contributed by atoms with Crippen LogP contribution in [0.4, 0.5) is 5.69 Å². The van der Waals surface area contributed by atoms with Gasteiger partial charge in [-0.15, -0.1) is 0 Å². The lowest BCUT2D eigenvalue weighted by Crippen LogP contribution is -2.33. The molecule has 2 bridgehead atoms. The van der Waals surface area contributed by atoms with E-state index < -0.39 is 0 Å². The van der Waals surface area contributed by atoms with Gasteiger partial charge in [0.15, 0.2) is 0 Å². The highest BCUT2D eigenvalue weighted by Crippen LogP contribution is 2.58. The van der Waals surface area contributed by atoms with E-state index >= 15 is 0 Å². The van der Waals surface area contributed by atoms with Gasteiger partial charge in [-0.25, -0.2) is 4.90 Å². The number of allylic oxidation sites excluding steroid dienone is 4. The number of hydrogen-bond donors (Lipinski definition) is 0. The first-order chi connectivity index (χ1) is 13.1. The maximum absolute atomic E-state index is 13.2. The molecule has 1 saturated heterocycles. The minimum absolute atomic E-state index is 0.0344. The molecular weight excluding hydrogens is 334 g/mol. The molecule has 2 aromatic rings. The fourth-order valence-electron chi connectivity index (χ4n) is 5.07. The van der Waals surface area contributed by atoms with Gasteiger partial charge in [-0.2, -0.15) is 0 Å². The molecule has 0 unspecified atom stereocenters. The number of nitrogens with zero attached hydrogens (tertiary/aromatic N) is 1. The third-order valence-electron chi connectivity index (χ3n) is 6.35. The van der Waals surface area contributed by atoms with Crippen molar-refractivity contribution in [2.75, 3.05) is 4.90 Å². The molecule has 27 heavy (non-hydrogen) atoms. The van der Waals surface area contributed by atoms with Crippen molar-refractivity contribution in [3.05, 3.63) is 83.4 Å². The predicted octanol–water partition coefficient (Wildman–Crippen LogP) is 4.39. The highest BCUT2D eigenvalue weighted by molar-refractivity contribution is 6.23. The van der Waals surface area contributed by atoms with Crippen LogP contribution in [0.3, 0.4) is 0 Å². The van der Waals surface area contributed by atoms with E-state index in [2.05, 4.69) is 31.2 Å². The van der Waals surface area contributed by atoms with Crippen LogP contribution in [0.2, 0.25) is 0 Å². The molecule has 0 aromatic heterocycles. The molecule has 1 aliphatic heterocycles. The van der Waals surface area contributed by atoms with Crippen molar-refractivity contribution in [2.24, 2.45) is 23.7 Å². The lowest BCUT2D eigenvalue weighted by molar-refractivity contribution is -0.122. The van der Waals surface area contributed by atoms with Crippen LogP contribution in [-0.4, -0.2) is 11.8 Å². The molecule has 3 nitrogen and oxygen atoms in total. The fourth-order valence-corrected chi connectivity index (χ4v) is 5.07. The largest absolute Gasteiger partial charge is 0.274 e. The summed E-state index contributed by atoms with van der Waals surface area (Å²) in [5.74, 6) is -0.558. The van der Waals surface area contributed by atoms with Crippen molar-refractivity contribution in [1.29, 1.82) is 0 Å². The zero-order valence-corrected chi connectivity index (χ0v) is 15.4. The number of aryl methyl sites for hydroxylation is 1. The standard InChI is InChI=1S/C24H21NO2/c1-14-8-10-17(11-9-14)25-23(26)21-18-12-13-19(22(21)24(25)27)20(18)15(2)16-6-4-3-5-7-16/h3-13,18-19,21-22H,1-2H3/t18-,19-,21-,22+/m1/s1. The van der Waals surface area contributed by atoms with E-state index in [1.165, 1.54) is 21.6 Å². The first-order valence-electron chi connectivity index (χ1n) is 9.47. The number of fused-ring (bicyclic) bond motifs is 5. The molecule has 2 fully saturated rings. The van der Waals surface area contributed by atoms with Crippen LogP contribution in [-0.2, 0) is 9.59 Å². The number of amides is 2. The lowest BCUT2D eigenvalue weighted by Gasteiger charge is -2.20. The second kappa shape index (κ2) is 5.78. The summed E-state index contributed by atoms with van der Waals surface area (Å²) in [6.07, 6.45) is 4.27. The highest BCUT2D eigenvalue weighted by atomic mass is 16.2. The zero-order valence-electron chi connectivity index (χ0n) is 15.4. The molecule has 134 valence electrons. The minimum Gasteiger partial charge on any atom is -0.274 e. The van der Waals surface area contributed by atoms with Crippen LogP contribution < -0.4 is 4.90 Å². The molecule has 3 heteroatoms. The second-order valence-corrected chi connectivity index (χ2v) is 7.78. The first kappa shape index (κ1) is 16.2. The number of carbonyl (C=O) groups excluding carboxylic acids is 2. The fraction of sp³-hybridized carbons (Fsp3) is 0.250. The van der Waals surface area contributed by atoms with Crippen molar-refractivity contribution >= 4 is 23.1 Å². The Bertz CT molecular complexity index is 966. The summed E-state index contributed by atoms with van der Waals surface area (Å²) >= 11 is 0. The van der Waals surface area contributed by atoms with E-state index in [1.54, 1.807) is 0 Å².